The van der Waals surface area contributed by atoms with Crippen molar-refractivity contribution in [1.29, 1.82) is 0 Å². The van der Waals surface area contributed by atoms with Gasteiger partial charge in [0.05, 0.1) is 13.2 Å². The predicted molar refractivity (Wildman–Crippen MR) is 185 cm³/mol. The van der Waals surface area contributed by atoms with Gasteiger partial charge in [0.15, 0.2) is 12.6 Å². The molecule has 0 saturated carbocycles. The van der Waals surface area contributed by atoms with Crippen LogP contribution < -0.4 is 0 Å². The summed E-state index contributed by atoms with van der Waals surface area (Å²) in [5.41, 5.74) is 3.71. The van der Waals surface area contributed by atoms with Gasteiger partial charge in [0.1, 0.15) is 12.2 Å². The molecule has 0 amide bonds. The third-order valence-corrected chi connectivity index (χ3v) is 7.93. The van der Waals surface area contributed by atoms with Crippen molar-refractivity contribution >= 4 is 15.9 Å². The molecule has 2 unspecified atom stereocenters. The summed E-state index contributed by atoms with van der Waals surface area (Å²) < 4.78 is 28.9. The average Bonchev–Trinajstić information content (AvgIpc) is 3.10. The number of unbranched alkanes of at least 4 members (excludes halogenated alkanes) is 2. The monoisotopic (exact) mass is 684 g/mol. The smallest absolute Gasteiger partial charge is 0.158 e. The van der Waals surface area contributed by atoms with Gasteiger partial charge in [0.2, 0.25) is 0 Å². The Morgan fingerprint density at radius 2 is 1.27 bits per heavy atom. The Balaban J connectivity index is 0.000000277. The number of aliphatic hydroxyl groups excluding tert-OH is 1. The maximum Gasteiger partial charge on any atom is 0.158 e. The predicted octanol–water partition coefficient (Wildman–Crippen LogP) is 8.49. The number of benzene rings is 2. The van der Waals surface area contributed by atoms with E-state index in [1.165, 1.54) is 12.8 Å². The lowest BCUT2D eigenvalue weighted by Crippen LogP contribution is -2.26. The summed E-state index contributed by atoms with van der Waals surface area (Å²) in [5, 5.41) is 10.6. The molecule has 1 N–H and O–H groups in total. The second-order valence-electron chi connectivity index (χ2n) is 11.0. The summed E-state index contributed by atoms with van der Waals surface area (Å²) in [6, 6.07) is 15.4. The van der Waals surface area contributed by atoms with E-state index in [1.807, 2.05) is 48.5 Å². The van der Waals surface area contributed by atoms with Gasteiger partial charge in [-0.1, -0.05) is 78.7 Å². The van der Waals surface area contributed by atoms with E-state index in [1.54, 1.807) is 0 Å². The molecule has 4 atom stereocenters. The molecule has 2 aromatic rings. The van der Waals surface area contributed by atoms with E-state index in [0.29, 0.717) is 6.61 Å². The summed E-state index contributed by atoms with van der Waals surface area (Å²) in [5.74, 6) is 5.20. The molecule has 2 aliphatic rings. The molecule has 0 spiro atoms. The first kappa shape index (κ1) is 39.0. The Hall–Kier alpha value is -2.20. The first-order valence-electron chi connectivity index (χ1n) is 16.5. The number of terminal acetylenes is 2. The van der Waals surface area contributed by atoms with Crippen LogP contribution in [0.1, 0.15) is 113 Å². The van der Waals surface area contributed by atoms with Crippen molar-refractivity contribution in [3.05, 3.63) is 70.8 Å². The minimum absolute atomic E-state index is 0.0603. The lowest BCUT2D eigenvalue weighted by Gasteiger charge is -2.28. The normalized spacial score (nSPS) is 19.0. The van der Waals surface area contributed by atoms with Crippen LogP contribution in [-0.2, 0) is 23.7 Å². The van der Waals surface area contributed by atoms with Crippen LogP contribution >= 0.6 is 15.9 Å². The van der Waals surface area contributed by atoms with Gasteiger partial charge in [0, 0.05) is 36.3 Å². The van der Waals surface area contributed by atoms with E-state index >= 15 is 0 Å². The largest absolute Gasteiger partial charge is 0.393 e. The van der Waals surface area contributed by atoms with Crippen molar-refractivity contribution in [3.8, 4) is 24.7 Å². The fourth-order valence-corrected chi connectivity index (χ4v) is 5.16. The number of hydrogen-bond donors (Lipinski definition) is 1. The average molecular weight is 686 g/mol. The van der Waals surface area contributed by atoms with Crippen LogP contribution in [0.25, 0.3) is 0 Å². The molecule has 4 rings (SSSR count). The Kier molecular flexibility index (Phi) is 21.6. The fraction of sp³-hybridized carbons (Fsp3) is 0.579. The molecule has 2 aromatic carbocycles. The first-order valence-corrected chi connectivity index (χ1v) is 17.6. The fourth-order valence-electron chi connectivity index (χ4n) is 4.60. The van der Waals surface area contributed by atoms with Crippen molar-refractivity contribution in [2.24, 2.45) is 0 Å². The second kappa shape index (κ2) is 25.0. The Morgan fingerprint density at radius 3 is 1.64 bits per heavy atom. The second-order valence-corrected chi connectivity index (χ2v) is 11.8. The number of hydrogen-bond acceptors (Lipinski definition) is 6. The van der Waals surface area contributed by atoms with Gasteiger partial charge in [-0.3, -0.25) is 0 Å². The van der Waals surface area contributed by atoms with Crippen molar-refractivity contribution in [2.45, 2.75) is 103 Å². The molecule has 2 heterocycles. The highest BCUT2D eigenvalue weighted by Gasteiger charge is 2.22. The molecule has 0 aromatic heterocycles. The van der Waals surface area contributed by atoms with Crippen molar-refractivity contribution in [1.82, 2.24) is 0 Å². The summed E-state index contributed by atoms with van der Waals surface area (Å²) in [4.78, 5) is 0. The summed E-state index contributed by atoms with van der Waals surface area (Å²) in [6.07, 6.45) is 21.1. The highest BCUT2D eigenvalue weighted by molar-refractivity contribution is 9.09. The third kappa shape index (κ3) is 16.3. The first-order chi connectivity index (χ1) is 22.1. The van der Waals surface area contributed by atoms with E-state index in [-0.39, 0.29) is 31.4 Å². The van der Waals surface area contributed by atoms with E-state index in [4.69, 9.17) is 36.5 Å². The van der Waals surface area contributed by atoms with E-state index in [2.05, 4.69) is 41.6 Å². The zero-order valence-corrected chi connectivity index (χ0v) is 28.8. The Morgan fingerprint density at radius 1 is 0.778 bits per heavy atom. The maximum atomic E-state index is 9.42. The van der Waals surface area contributed by atoms with Crippen molar-refractivity contribution < 1.29 is 28.8 Å². The van der Waals surface area contributed by atoms with E-state index in [0.717, 1.165) is 98.8 Å². The maximum absolute atomic E-state index is 9.42. The van der Waals surface area contributed by atoms with Crippen LogP contribution in [-0.4, -0.2) is 56.1 Å². The van der Waals surface area contributed by atoms with Crippen molar-refractivity contribution in [3.63, 3.8) is 0 Å². The van der Waals surface area contributed by atoms with E-state index in [9.17, 15) is 5.11 Å². The SMILES string of the molecule is C#Cc1ccc([C@H](CO)OC2CCCCO2)cc1.C#Cc1ccc([C@H](COCCCC)OC2CCCCO2)cc1.CCCCBr. The summed E-state index contributed by atoms with van der Waals surface area (Å²) >= 11 is 3.31. The van der Waals surface area contributed by atoms with E-state index < -0.39 is 0 Å². The number of aliphatic hydroxyl groups is 1. The molecule has 0 aliphatic carbocycles. The lowest BCUT2D eigenvalue weighted by molar-refractivity contribution is -0.200. The number of halogens is 1. The molecular formula is C38H53BrO6. The Bertz CT molecular complexity index is 1080. The summed E-state index contributed by atoms with van der Waals surface area (Å²) in [7, 11) is 0. The van der Waals surface area contributed by atoms with Crippen LogP contribution in [0.4, 0.5) is 0 Å². The lowest BCUT2D eigenvalue weighted by atomic mass is 10.1. The van der Waals surface area contributed by atoms with Gasteiger partial charge in [0.25, 0.3) is 0 Å². The highest BCUT2D eigenvalue weighted by Crippen LogP contribution is 2.26. The van der Waals surface area contributed by atoms with Crippen LogP contribution in [0.5, 0.6) is 0 Å². The molecular weight excluding hydrogens is 632 g/mol. The molecule has 6 nitrogen and oxygen atoms in total. The van der Waals surface area contributed by atoms with Gasteiger partial charge in [-0.2, -0.15) is 0 Å². The van der Waals surface area contributed by atoms with Crippen LogP contribution in [0, 0.1) is 24.7 Å². The molecule has 248 valence electrons. The molecule has 7 heteroatoms. The number of alkyl halides is 1. The molecule has 2 fully saturated rings. The van der Waals surface area contributed by atoms with Crippen LogP contribution in [0.3, 0.4) is 0 Å². The van der Waals surface area contributed by atoms with Gasteiger partial charge in [-0.05, 0) is 86.8 Å². The quantitative estimate of drug-likeness (QED) is 0.122. The third-order valence-electron chi connectivity index (χ3n) is 7.37. The highest BCUT2D eigenvalue weighted by atomic mass is 79.9. The molecule has 45 heavy (non-hydrogen) atoms. The van der Waals surface area contributed by atoms with Gasteiger partial charge in [-0.25, -0.2) is 0 Å². The Labute approximate surface area is 280 Å². The molecule has 0 radical (unpaired) electrons. The standard InChI is InChI=1S/C19H26O3.C15H18O3.C4H9Br/c1-3-5-13-20-15-18(22-19-8-6-7-14-21-19)17-11-9-16(4-2)10-12-17;1-2-12-6-8-13(9-7-12)14(11-16)18-15-5-3-4-10-17-15;1-2-3-4-5/h2,9-12,18-19H,3,5-8,13-15H2,1H3;1,6-9,14-16H,3-5,10-11H2;2-4H2,1H3/t18-,19?;14-,15?;/m00./s1. The van der Waals surface area contributed by atoms with Gasteiger partial charge in [-0.15, -0.1) is 12.8 Å². The molecule has 2 aliphatic heterocycles. The number of ether oxygens (including phenoxy) is 5. The van der Waals surface area contributed by atoms with Gasteiger partial charge < -0.3 is 28.8 Å². The van der Waals surface area contributed by atoms with Crippen LogP contribution in [0.2, 0.25) is 0 Å². The minimum atomic E-state index is -0.347. The van der Waals surface area contributed by atoms with Crippen LogP contribution in [0.15, 0.2) is 48.5 Å². The number of rotatable bonds is 14. The molecule has 2 saturated heterocycles. The topological polar surface area (TPSA) is 66.4 Å². The minimum Gasteiger partial charge on any atom is -0.393 e. The summed E-state index contributed by atoms with van der Waals surface area (Å²) in [6.45, 7) is 7.12. The van der Waals surface area contributed by atoms with Crippen molar-refractivity contribution in [2.75, 3.05) is 38.4 Å². The zero-order chi connectivity index (χ0) is 32.5. The zero-order valence-electron chi connectivity index (χ0n) is 27.3. The molecule has 0 bridgehead atoms. The van der Waals surface area contributed by atoms with Gasteiger partial charge >= 0.3 is 0 Å².